The number of hydrogen-bond donors (Lipinski definition) is 2. The van der Waals surface area contributed by atoms with E-state index in [1.54, 1.807) is 44.7 Å². The van der Waals surface area contributed by atoms with Gasteiger partial charge >= 0.3 is 0 Å². The molecule has 0 radical (unpaired) electrons. The highest BCUT2D eigenvalue weighted by atomic mass is 16.5. The van der Waals surface area contributed by atoms with Crippen LogP contribution in [0, 0.1) is 5.92 Å². The standard InChI is InChI=1S/C20H24N2O5/c1-25-15-5-6-16(17(10-15)26-2)20(24)22-19(13-8-14(23)9-13)12-4-7-18(27-3)21-11-12/h4-7,10-11,13-14,19,23H,8-9H2,1-3H3,(H,22,24). The van der Waals surface area contributed by atoms with E-state index in [9.17, 15) is 9.90 Å². The van der Waals surface area contributed by atoms with Gasteiger partial charge in [-0.2, -0.15) is 0 Å². The van der Waals surface area contributed by atoms with E-state index in [2.05, 4.69) is 10.3 Å². The first-order chi connectivity index (χ1) is 13.0. The van der Waals surface area contributed by atoms with Crippen LogP contribution in [0.25, 0.3) is 0 Å². The van der Waals surface area contributed by atoms with Crippen molar-refractivity contribution in [3.8, 4) is 17.4 Å². The fourth-order valence-electron chi connectivity index (χ4n) is 3.28. The van der Waals surface area contributed by atoms with Gasteiger partial charge in [-0.1, -0.05) is 6.07 Å². The summed E-state index contributed by atoms with van der Waals surface area (Å²) in [5, 5.41) is 12.8. The molecule has 144 valence electrons. The molecule has 1 heterocycles. The summed E-state index contributed by atoms with van der Waals surface area (Å²) in [4.78, 5) is 17.2. The summed E-state index contributed by atoms with van der Waals surface area (Å²) in [5.74, 6) is 1.45. The Bertz CT molecular complexity index is 787. The highest BCUT2D eigenvalue weighted by Gasteiger charge is 2.36. The average molecular weight is 372 g/mol. The van der Waals surface area contributed by atoms with Crippen molar-refractivity contribution in [2.75, 3.05) is 21.3 Å². The number of hydrogen-bond acceptors (Lipinski definition) is 6. The highest BCUT2D eigenvalue weighted by Crippen LogP contribution is 2.38. The number of amides is 1. The third kappa shape index (κ3) is 4.14. The third-order valence-electron chi connectivity index (χ3n) is 4.89. The van der Waals surface area contributed by atoms with Gasteiger partial charge in [0.25, 0.3) is 5.91 Å². The van der Waals surface area contributed by atoms with Crippen molar-refractivity contribution in [3.05, 3.63) is 47.7 Å². The molecular formula is C20H24N2O5. The monoisotopic (exact) mass is 372 g/mol. The number of nitrogens with zero attached hydrogens (tertiary/aromatic N) is 1. The Hall–Kier alpha value is -2.80. The molecule has 1 unspecified atom stereocenters. The van der Waals surface area contributed by atoms with Gasteiger partial charge in [0.2, 0.25) is 5.88 Å². The van der Waals surface area contributed by atoms with Crippen molar-refractivity contribution in [2.45, 2.75) is 25.0 Å². The molecule has 1 atom stereocenters. The fraction of sp³-hybridized carbons (Fsp3) is 0.400. The quantitative estimate of drug-likeness (QED) is 0.775. The molecule has 0 aliphatic heterocycles. The van der Waals surface area contributed by atoms with E-state index < -0.39 is 0 Å². The number of benzene rings is 1. The number of rotatable bonds is 7. The predicted octanol–water partition coefficient (Wildman–Crippen LogP) is 2.35. The third-order valence-corrected chi connectivity index (χ3v) is 4.89. The average Bonchev–Trinajstić information content (AvgIpc) is 2.69. The number of aliphatic hydroxyl groups excluding tert-OH is 1. The molecule has 0 bridgehead atoms. The Kier molecular flexibility index (Phi) is 5.81. The Morgan fingerprint density at radius 2 is 1.93 bits per heavy atom. The highest BCUT2D eigenvalue weighted by molar-refractivity contribution is 5.97. The lowest BCUT2D eigenvalue weighted by atomic mass is 9.75. The second-order valence-electron chi connectivity index (χ2n) is 6.54. The van der Waals surface area contributed by atoms with Crippen LogP contribution in [0.5, 0.6) is 17.4 Å². The minimum atomic E-state index is -0.323. The topological polar surface area (TPSA) is 89.9 Å². The van der Waals surface area contributed by atoms with Gasteiger partial charge in [0, 0.05) is 18.3 Å². The zero-order valence-electron chi connectivity index (χ0n) is 15.6. The minimum Gasteiger partial charge on any atom is -0.497 e. The molecule has 1 aromatic carbocycles. The van der Waals surface area contributed by atoms with Crippen molar-refractivity contribution >= 4 is 5.91 Å². The van der Waals surface area contributed by atoms with Gasteiger partial charge in [-0.15, -0.1) is 0 Å². The summed E-state index contributed by atoms with van der Waals surface area (Å²) < 4.78 is 15.6. The van der Waals surface area contributed by atoms with Crippen molar-refractivity contribution in [3.63, 3.8) is 0 Å². The van der Waals surface area contributed by atoms with Crippen LogP contribution in [0.15, 0.2) is 36.5 Å². The number of aromatic nitrogens is 1. The van der Waals surface area contributed by atoms with Gasteiger partial charge < -0.3 is 24.6 Å². The molecule has 3 rings (SSSR count). The zero-order chi connectivity index (χ0) is 19.4. The molecule has 0 saturated heterocycles. The predicted molar refractivity (Wildman–Crippen MR) is 99.3 cm³/mol. The molecule has 0 spiro atoms. The Balaban J connectivity index is 1.84. The molecule has 2 aromatic rings. The van der Waals surface area contributed by atoms with E-state index in [1.807, 2.05) is 6.07 Å². The van der Waals surface area contributed by atoms with Crippen molar-refractivity contribution < 1.29 is 24.1 Å². The molecule has 27 heavy (non-hydrogen) atoms. The molecule has 7 nitrogen and oxygen atoms in total. The zero-order valence-corrected chi connectivity index (χ0v) is 15.6. The first-order valence-corrected chi connectivity index (χ1v) is 8.76. The lowest BCUT2D eigenvalue weighted by Crippen LogP contribution is -2.41. The SMILES string of the molecule is COc1ccc(C(=O)NC(c2ccc(OC)nc2)C2CC(O)C2)c(OC)c1. The smallest absolute Gasteiger partial charge is 0.255 e. The maximum absolute atomic E-state index is 12.9. The van der Waals surface area contributed by atoms with Crippen LogP contribution in [0.3, 0.4) is 0 Å². The molecule has 7 heteroatoms. The Labute approximate surface area is 158 Å². The summed E-state index contributed by atoms with van der Waals surface area (Å²) in [5.41, 5.74) is 1.29. The van der Waals surface area contributed by atoms with Crippen LogP contribution >= 0.6 is 0 Å². The maximum Gasteiger partial charge on any atom is 0.255 e. The summed E-state index contributed by atoms with van der Waals surface area (Å²) in [6.45, 7) is 0. The van der Waals surface area contributed by atoms with Gasteiger partial charge in [0.1, 0.15) is 11.5 Å². The molecule has 1 aliphatic rings. The minimum absolute atomic E-state index is 0.142. The summed E-state index contributed by atoms with van der Waals surface area (Å²) in [6.07, 6.45) is 2.64. The van der Waals surface area contributed by atoms with E-state index in [4.69, 9.17) is 14.2 Å². The number of pyridine rings is 1. The van der Waals surface area contributed by atoms with Gasteiger partial charge in [0.05, 0.1) is 39.0 Å². The molecule has 1 amide bonds. The normalized spacial score (nSPS) is 19.6. The van der Waals surface area contributed by atoms with Crippen LogP contribution in [-0.2, 0) is 0 Å². The first-order valence-electron chi connectivity index (χ1n) is 8.76. The lowest BCUT2D eigenvalue weighted by Gasteiger charge is -2.38. The summed E-state index contributed by atoms with van der Waals surface area (Å²) in [6, 6.07) is 8.45. The van der Waals surface area contributed by atoms with Crippen LogP contribution in [-0.4, -0.2) is 43.4 Å². The molecule has 2 N–H and O–H groups in total. The summed E-state index contributed by atoms with van der Waals surface area (Å²) >= 11 is 0. The fourth-order valence-corrected chi connectivity index (χ4v) is 3.28. The second kappa shape index (κ2) is 8.26. The molecule has 1 fully saturated rings. The van der Waals surface area contributed by atoms with E-state index in [1.165, 1.54) is 7.11 Å². The lowest BCUT2D eigenvalue weighted by molar-refractivity contribution is 0.0234. The Morgan fingerprint density at radius 3 is 2.48 bits per heavy atom. The van der Waals surface area contributed by atoms with Gasteiger partial charge in [-0.3, -0.25) is 4.79 Å². The van der Waals surface area contributed by atoms with Crippen LogP contribution in [0.2, 0.25) is 0 Å². The van der Waals surface area contributed by atoms with Crippen LogP contribution < -0.4 is 19.5 Å². The maximum atomic E-state index is 12.9. The van der Waals surface area contributed by atoms with E-state index in [0.29, 0.717) is 35.8 Å². The van der Waals surface area contributed by atoms with Crippen molar-refractivity contribution in [2.24, 2.45) is 5.92 Å². The number of methoxy groups -OCH3 is 3. The van der Waals surface area contributed by atoms with Crippen LogP contribution in [0.4, 0.5) is 0 Å². The van der Waals surface area contributed by atoms with Crippen LogP contribution in [0.1, 0.15) is 34.8 Å². The van der Waals surface area contributed by atoms with E-state index >= 15 is 0 Å². The van der Waals surface area contributed by atoms with E-state index in [-0.39, 0.29) is 24.0 Å². The molecule has 1 saturated carbocycles. The number of carbonyl (C=O) groups excluding carboxylic acids is 1. The number of ether oxygens (including phenoxy) is 3. The van der Waals surface area contributed by atoms with E-state index in [0.717, 1.165) is 5.56 Å². The molecule has 1 aliphatic carbocycles. The van der Waals surface area contributed by atoms with Gasteiger partial charge in [-0.05, 0) is 36.5 Å². The van der Waals surface area contributed by atoms with Crippen molar-refractivity contribution in [1.82, 2.24) is 10.3 Å². The number of carbonyl (C=O) groups is 1. The first kappa shape index (κ1) is 19.0. The van der Waals surface area contributed by atoms with Crippen molar-refractivity contribution in [1.29, 1.82) is 0 Å². The molecular weight excluding hydrogens is 348 g/mol. The summed E-state index contributed by atoms with van der Waals surface area (Å²) in [7, 11) is 4.63. The number of aliphatic hydroxyl groups is 1. The second-order valence-corrected chi connectivity index (χ2v) is 6.54. The van der Waals surface area contributed by atoms with Gasteiger partial charge in [0.15, 0.2) is 0 Å². The molecule has 1 aromatic heterocycles. The van der Waals surface area contributed by atoms with Gasteiger partial charge in [-0.25, -0.2) is 4.98 Å². The Morgan fingerprint density at radius 1 is 1.15 bits per heavy atom. The largest absolute Gasteiger partial charge is 0.497 e. The number of nitrogens with one attached hydrogen (secondary N) is 1.